The molecule has 0 aliphatic carbocycles. The van der Waals surface area contributed by atoms with Crippen LogP contribution in [0, 0.1) is 6.92 Å². The summed E-state index contributed by atoms with van der Waals surface area (Å²) in [5.74, 6) is 1.07. The van der Waals surface area contributed by atoms with Crippen molar-refractivity contribution in [3.63, 3.8) is 0 Å². The first kappa shape index (κ1) is 11.9. The molecular formula is C16H10N4OS. The van der Waals surface area contributed by atoms with Crippen molar-refractivity contribution in [2.45, 2.75) is 6.92 Å². The first-order valence-corrected chi connectivity index (χ1v) is 7.72. The van der Waals surface area contributed by atoms with E-state index in [1.54, 1.807) is 18.3 Å². The molecule has 0 spiro atoms. The molecule has 0 saturated carbocycles. The van der Waals surface area contributed by atoms with Crippen molar-refractivity contribution in [2.75, 3.05) is 0 Å². The highest BCUT2D eigenvalue weighted by molar-refractivity contribution is 7.23. The van der Waals surface area contributed by atoms with Crippen LogP contribution in [0.3, 0.4) is 0 Å². The van der Waals surface area contributed by atoms with E-state index in [0.29, 0.717) is 11.8 Å². The zero-order valence-corrected chi connectivity index (χ0v) is 12.5. The van der Waals surface area contributed by atoms with Crippen LogP contribution >= 0.6 is 11.3 Å². The number of thiazole rings is 1. The van der Waals surface area contributed by atoms with E-state index in [9.17, 15) is 0 Å². The molecule has 0 bridgehead atoms. The summed E-state index contributed by atoms with van der Waals surface area (Å²) in [7, 11) is 0. The molecule has 106 valence electrons. The van der Waals surface area contributed by atoms with Crippen molar-refractivity contribution >= 4 is 37.5 Å². The maximum absolute atomic E-state index is 5.57. The third kappa shape index (κ3) is 1.50. The predicted octanol–water partition coefficient (Wildman–Crippen LogP) is 4.06. The average Bonchev–Trinajstić information content (AvgIpc) is 3.19. The van der Waals surface area contributed by atoms with Gasteiger partial charge in [0.15, 0.2) is 4.96 Å². The fraction of sp³-hybridized carbons (Fsp3) is 0.0625. The molecule has 3 aromatic heterocycles. The summed E-state index contributed by atoms with van der Waals surface area (Å²) in [6.07, 6.45) is 0. The number of benzene rings is 2. The summed E-state index contributed by atoms with van der Waals surface area (Å²) in [6.45, 7) is 1.79. The van der Waals surface area contributed by atoms with Crippen molar-refractivity contribution in [1.29, 1.82) is 0 Å². The van der Waals surface area contributed by atoms with E-state index in [4.69, 9.17) is 9.40 Å². The SMILES string of the molecule is Cc1nnc(-c2cccc3c2nc2sc4ccccc4n23)o1. The summed E-state index contributed by atoms with van der Waals surface area (Å²) < 4.78 is 8.98. The Morgan fingerprint density at radius 3 is 2.73 bits per heavy atom. The molecule has 2 aromatic carbocycles. The minimum absolute atomic E-state index is 0.512. The number of rotatable bonds is 1. The van der Waals surface area contributed by atoms with Gasteiger partial charge in [-0.3, -0.25) is 4.40 Å². The average molecular weight is 306 g/mol. The van der Waals surface area contributed by atoms with Gasteiger partial charge in [0.05, 0.1) is 21.3 Å². The number of nitrogens with zero attached hydrogens (tertiary/aromatic N) is 4. The lowest BCUT2D eigenvalue weighted by Gasteiger charge is -1.98. The Bertz CT molecular complexity index is 1150. The van der Waals surface area contributed by atoms with Crippen LogP contribution < -0.4 is 0 Å². The molecule has 0 atom stereocenters. The van der Waals surface area contributed by atoms with Crippen LogP contribution in [0.15, 0.2) is 46.9 Å². The van der Waals surface area contributed by atoms with E-state index in [-0.39, 0.29) is 0 Å². The summed E-state index contributed by atoms with van der Waals surface area (Å²) in [5, 5.41) is 8.03. The Hall–Kier alpha value is -2.73. The van der Waals surface area contributed by atoms with Crippen molar-refractivity contribution in [2.24, 2.45) is 0 Å². The van der Waals surface area contributed by atoms with Crippen LogP contribution in [0.2, 0.25) is 0 Å². The lowest BCUT2D eigenvalue weighted by atomic mass is 10.2. The molecule has 0 amide bonds. The van der Waals surface area contributed by atoms with E-state index in [1.165, 1.54) is 10.2 Å². The summed E-state index contributed by atoms with van der Waals surface area (Å²) in [5.41, 5.74) is 3.99. The normalized spacial score (nSPS) is 11.9. The molecule has 0 radical (unpaired) electrons. The van der Waals surface area contributed by atoms with Crippen LogP contribution in [0.4, 0.5) is 0 Å². The molecule has 0 fully saturated rings. The zero-order chi connectivity index (χ0) is 14.7. The molecule has 5 aromatic rings. The molecule has 6 heteroatoms. The Morgan fingerprint density at radius 1 is 1.00 bits per heavy atom. The zero-order valence-electron chi connectivity index (χ0n) is 11.6. The molecule has 5 rings (SSSR count). The fourth-order valence-electron chi connectivity index (χ4n) is 2.78. The van der Waals surface area contributed by atoms with Crippen molar-refractivity contribution < 1.29 is 4.42 Å². The third-order valence-corrected chi connectivity index (χ3v) is 4.74. The maximum Gasteiger partial charge on any atom is 0.249 e. The van der Waals surface area contributed by atoms with Gasteiger partial charge in [-0.15, -0.1) is 10.2 Å². The minimum atomic E-state index is 0.512. The summed E-state index contributed by atoms with van der Waals surface area (Å²) in [4.78, 5) is 5.76. The molecule has 22 heavy (non-hydrogen) atoms. The second kappa shape index (κ2) is 4.14. The highest BCUT2D eigenvalue weighted by Gasteiger charge is 2.16. The highest BCUT2D eigenvalue weighted by atomic mass is 32.1. The van der Waals surface area contributed by atoms with Gasteiger partial charge < -0.3 is 4.42 Å². The molecule has 0 aliphatic heterocycles. The predicted molar refractivity (Wildman–Crippen MR) is 86.1 cm³/mol. The standard InChI is InChI=1S/C16H10N4OS/c1-9-18-19-15(21-9)10-5-4-7-12-14(10)17-16-20(12)11-6-2-3-8-13(11)22-16/h2-8H,1H3. The highest BCUT2D eigenvalue weighted by Crippen LogP contribution is 2.33. The molecule has 0 unspecified atom stereocenters. The van der Waals surface area contributed by atoms with Crippen LogP contribution in [0.25, 0.3) is 37.7 Å². The number of aryl methyl sites for hydroxylation is 1. The van der Waals surface area contributed by atoms with E-state index < -0.39 is 0 Å². The van der Waals surface area contributed by atoms with Gasteiger partial charge in [-0.2, -0.15) is 0 Å². The quantitative estimate of drug-likeness (QED) is 0.468. The Labute approximate surface area is 128 Å². The molecule has 0 aliphatic rings. The van der Waals surface area contributed by atoms with Gasteiger partial charge in [0, 0.05) is 6.92 Å². The van der Waals surface area contributed by atoms with Crippen LogP contribution in [0.1, 0.15) is 5.89 Å². The van der Waals surface area contributed by atoms with Gasteiger partial charge in [0.1, 0.15) is 5.52 Å². The maximum atomic E-state index is 5.57. The van der Waals surface area contributed by atoms with Crippen LogP contribution in [-0.2, 0) is 0 Å². The minimum Gasteiger partial charge on any atom is -0.421 e. The van der Waals surface area contributed by atoms with Gasteiger partial charge in [-0.1, -0.05) is 29.5 Å². The number of para-hydroxylation sites is 2. The van der Waals surface area contributed by atoms with Crippen molar-refractivity contribution in [3.05, 3.63) is 48.4 Å². The van der Waals surface area contributed by atoms with Crippen LogP contribution in [0.5, 0.6) is 0 Å². The van der Waals surface area contributed by atoms with Crippen molar-refractivity contribution in [3.8, 4) is 11.5 Å². The second-order valence-electron chi connectivity index (χ2n) is 5.10. The van der Waals surface area contributed by atoms with Crippen molar-refractivity contribution in [1.82, 2.24) is 19.6 Å². The molecular weight excluding hydrogens is 296 g/mol. The number of fused-ring (bicyclic) bond motifs is 5. The summed E-state index contributed by atoms with van der Waals surface area (Å²) in [6, 6.07) is 14.4. The van der Waals surface area contributed by atoms with Gasteiger partial charge in [-0.05, 0) is 24.3 Å². The number of hydrogen-bond donors (Lipinski definition) is 0. The third-order valence-electron chi connectivity index (χ3n) is 3.72. The molecule has 5 nitrogen and oxygen atoms in total. The fourth-order valence-corrected chi connectivity index (χ4v) is 3.82. The smallest absolute Gasteiger partial charge is 0.249 e. The van der Waals surface area contributed by atoms with E-state index in [2.05, 4.69) is 32.8 Å². The second-order valence-corrected chi connectivity index (χ2v) is 6.11. The first-order valence-electron chi connectivity index (χ1n) is 6.90. The number of aromatic nitrogens is 4. The lowest BCUT2D eigenvalue weighted by molar-refractivity contribution is 0.533. The number of imidazole rings is 1. The Balaban J connectivity index is 1.93. The van der Waals surface area contributed by atoms with Crippen LogP contribution in [-0.4, -0.2) is 19.6 Å². The first-order chi connectivity index (χ1) is 10.8. The summed E-state index contributed by atoms with van der Waals surface area (Å²) >= 11 is 1.68. The molecule has 0 N–H and O–H groups in total. The van der Waals surface area contributed by atoms with E-state index >= 15 is 0 Å². The molecule has 3 heterocycles. The van der Waals surface area contributed by atoms with E-state index in [0.717, 1.165) is 21.6 Å². The van der Waals surface area contributed by atoms with Gasteiger partial charge >= 0.3 is 0 Å². The Morgan fingerprint density at radius 2 is 1.86 bits per heavy atom. The van der Waals surface area contributed by atoms with Gasteiger partial charge in [-0.25, -0.2) is 4.98 Å². The van der Waals surface area contributed by atoms with E-state index in [1.807, 2.05) is 24.3 Å². The Kier molecular flexibility index (Phi) is 2.24. The van der Waals surface area contributed by atoms with Gasteiger partial charge in [0.25, 0.3) is 0 Å². The number of hydrogen-bond acceptors (Lipinski definition) is 5. The van der Waals surface area contributed by atoms with Gasteiger partial charge in [0.2, 0.25) is 11.8 Å². The monoisotopic (exact) mass is 306 g/mol. The largest absolute Gasteiger partial charge is 0.421 e. The molecule has 0 saturated heterocycles. The lowest BCUT2D eigenvalue weighted by Crippen LogP contribution is -1.83. The topological polar surface area (TPSA) is 56.2 Å².